The van der Waals surface area contributed by atoms with Gasteiger partial charge in [-0.25, -0.2) is 4.98 Å². The first-order chi connectivity index (χ1) is 7.08. The number of pyridine rings is 1. The molecule has 0 unspecified atom stereocenters. The highest BCUT2D eigenvalue weighted by Gasteiger charge is 2.00. The molecule has 0 saturated heterocycles. The Labute approximate surface area is 95.0 Å². The van der Waals surface area contributed by atoms with E-state index in [0.717, 1.165) is 13.0 Å². The summed E-state index contributed by atoms with van der Waals surface area (Å²) in [7, 11) is 4.05. The lowest BCUT2D eigenvalue weighted by atomic mass is 10.4. The van der Waals surface area contributed by atoms with E-state index in [4.69, 9.17) is 22.1 Å². The van der Waals surface area contributed by atoms with Crippen LogP contribution in [0.5, 0.6) is 5.88 Å². The van der Waals surface area contributed by atoms with E-state index in [9.17, 15) is 0 Å². The van der Waals surface area contributed by atoms with Gasteiger partial charge in [-0.1, -0.05) is 11.6 Å². The predicted octanol–water partition coefficient (Wildman–Crippen LogP) is 1.65. The Balaban J connectivity index is 2.37. The first kappa shape index (κ1) is 12.1. The van der Waals surface area contributed by atoms with Crippen molar-refractivity contribution in [3.8, 4) is 5.88 Å². The minimum Gasteiger partial charge on any atom is -0.478 e. The lowest BCUT2D eigenvalue weighted by Crippen LogP contribution is -2.15. The van der Waals surface area contributed by atoms with Crippen LogP contribution in [0, 0.1) is 0 Å². The van der Waals surface area contributed by atoms with E-state index in [1.54, 1.807) is 12.1 Å². The summed E-state index contributed by atoms with van der Waals surface area (Å²) in [5.74, 6) is 0.485. The highest BCUT2D eigenvalue weighted by atomic mass is 35.5. The van der Waals surface area contributed by atoms with Crippen molar-refractivity contribution in [2.24, 2.45) is 0 Å². The molecule has 1 heterocycles. The molecule has 1 aromatic heterocycles. The molecule has 0 aromatic carbocycles. The largest absolute Gasteiger partial charge is 0.478 e. The Morgan fingerprint density at radius 3 is 2.80 bits per heavy atom. The summed E-state index contributed by atoms with van der Waals surface area (Å²) in [4.78, 5) is 6.10. The summed E-state index contributed by atoms with van der Waals surface area (Å²) < 4.78 is 5.42. The van der Waals surface area contributed by atoms with Gasteiger partial charge >= 0.3 is 0 Å². The van der Waals surface area contributed by atoms with Crippen LogP contribution >= 0.6 is 11.6 Å². The van der Waals surface area contributed by atoms with Crippen LogP contribution in [-0.2, 0) is 0 Å². The van der Waals surface area contributed by atoms with Crippen LogP contribution in [0.4, 0.5) is 5.69 Å². The smallest absolute Gasteiger partial charge is 0.216 e. The molecule has 0 amide bonds. The van der Waals surface area contributed by atoms with Gasteiger partial charge in [-0.2, -0.15) is 0 Å². The fourth-order valence-electron chi connectivity index (χ4n) is 1.12. The van der Waals surface area contributed by atoms with E-state index in [2.05, 4.69) is 9.88 Å². The van der Waals surface area contributed by atoms with Gasteiger partial charge < -0.3 is 15.4 Å². The second-order valence-electron chi connectivity index (χ2n) is 3.57. The molecule has 0 bridgehead atoms. The molecule has 5 heteroatoms. The third kappa shape index (κ3) is 4.85. The zero-order valence-electron chi connectivity index (χ0n) is 9.03. The number of ether oxygens (including phenoxy) is 1. The second kappa shape index (κ2) is 5.78. The van der Waals surface area contributed by atoms with Crippen LogP contribution in [0.15, 0.2) is 12.1 Å². The summed E-state index contributed by atoms with van der Waals surface area (Å²) in [6, 6.07) is 3.26. The third-order valence-corrected chi connectivity index (χ3v) is 1.99. The van der Waals surface area contributed by atoms with Crippen LogP contribution in [0.3, 0.4) is 0 Å². The van der Waals surface area contributed by atoms with E-state index in [0.29, 0.717) is 23.3 Å². The van der Waals surface area contributed by atoms with Crippen molar-refractivity contribution in [1.29, 1.82) is 0 Å². The lowest BCUT2D eigenvalue weighted by Gasteiger charge is -2.10. The van der Waals surface area contributed by atoms with E-state index < -0.39 is 0 Å². The fraction of sp³-hybridized carbons (Fsp3) is 0.500. The predicted molar refractivity (Wildman–Crippen MR) is 62.3 cm³/mol. The van der Waals surface area contributed by atoms with Gasteiger partial charge in [0, 0.05) is 18.3 Å². The highest BCUT2D eigenvalue weighted by molar-refractivity contribution is 6.29. The number of hydrogen-bond donors (Lipinski definition) is 1. The van der Waals surface area contributed by atoms with Gasteiger partial charge in [-0.3, -0.25) is 0 Å². The van der Waals surface area contributed by atoms with Crippen LogP contribution in [0.25, 0.3) is 0 Å². The Kier molecular flexibility index (Phi) is 4.65. The number of anilines is 1. The highest BCUT2D eigenvalue weighted by Crippen LogP contribution is 2.17. The number of aromatic nitrogens is 1. The first-order valence-electron chi connectivity index (χ1n) is 4.78. The summed E-state index contributed by atoms with van der Waals surface area (Å²) >= 11 is 5.73. The molecule has 84 valence electrons. The van der Waals surface area contributed by atoms with Gasteiger partial charge in [0.05, 0.1) is 6.61 Å². The molecule has 1 rings (SSSR count). The van der Waals surface area contributed by atoms with Crippen molar-refractivity contribution >= 4 is 17.3 Å². The number of rotatable bonds is 5. The fourth-order valence-corrected chi connectivity index (χ4v) is 1.33. The molecule has 0 aliphatic heterocycles. The minimum atomic E-state index is 0.359. The zero-order valence-corrected chi connectivity index (χ0v) is 9.79. The molecular weight excluding hydrogens is 214 g/mol. The quantitative estimate of drug-likeness (QED) is 0.616. The van der Waals surface area contributed by atoms with Crippen LogP contribution in [0.1, 0.15) is 6.42 Å². The van der Waals surface area contributed by atoms with E-state index in [-0.39, 0.29) is 0 Å². The molecule has 15 heavy (non-hydrogen) atoms. The van der Waals surface area contributed by atoms with Crippen molar-refractivity contribution in [2.75, 3.05) is 33.0 Å². The molecule has 0 aliphatic rings. The maximum absolute atomic E-state index is 5.73. The average Bonchev–Trinajstić information content (AvgIpc) is 2.10. The molecule has 0 aliphatic carbocycles. The summed E-state index contributed by atoms with van der Waals surface area (Å²) in [5.41, 5.74) is 6.17. The van der Waals surface area contributed by atoms with Crippen molar-refractivity contribution < 1.29 is 4.74 Å². The molecule has 0 radical (unpaired) electrons. The minimum absolute atomic E-state index is 0.359. The van der Waals surface area contributed by atoms with Crippen molar-refractivity contribution in [1.82, 2.24) is 9.88 Å². The van der Waals surface area contributed by atoms with Gasteiger partial charge in [-0.05, 0) is 26.6 Å². The topological polar surface area (TPSA) is 51.4 Å². The third-order valence-electron chi connectivity index (χ3n) is 1.79. The second-order valence-corrected chi connectivity index (χ2v) is 3.95. The summed E-state index contributed by atoms with van der Waals surface area (Å²) in [6.07, 6.45) is 0.946. The lowest BCUT2D eigenvalue weighted by molar-refractivity contribution is 0.273. The Hall–Kier alpha value is -1.00. The standard InChI is InChI=1S/C10H16ClN3O/c1-14(2)4-3-5-15-10-7-8(12)6-9(11)13-10/h6-7H,3-5H2,1-2H3,(H2,12,13). The first-order valence-corrected chi connectivity index (χ1v) is 5.16. The monoisotopic (exact) mass is 229 g/mol. The van der Waals surface area contributed by atoms with Gasteiger partial charge in [0.15, 0.2) is 0 Å². The normalized spacial score (nSPS) is 10.7. The van der Waals surface area contributed by atoms with Crippen LogP contribution < -0.4 is 10.5 Å². The zero-order chi connectivity index (χ0) is 11.3. The van der Waals surface area contributed by atoms with Crippen LogP contribution in [0.2, 0.25) is 5.15 Å². The maximum Gasteiger partial charge on any atom is 0.216 e. The van der Waals surface area contributed by atoms with Gasteiger partial charge in [0.2, 0.25) is 5.88 Å². The average molecular weight is 230 g/mol. The van der Waals surface area contributed by atoms with E-state index in [1.807, 2.05) is 14.1 Å². The number of nitrogen functional groups attached to an aromatic ring is 1. The van der Waals surface area contributed by atoms with Gasteiger partial charge in [0.1, 0.15) is 5.15 Å². The molecule has 2 N–H and O–H groups in total. The molecule has 0 fully saturated rings. The number of nitrogens with zero attached hydrogens (tertiary/aromatic N) is 2. The summed E-state index contributed by atoms with van der Waals surface area (Å²) in [6.45, 7) is 1.60. The van der Waals surface area contributed by atoms with Crippen molar-refractivity contribution in [3.63, 3.8) is 0 Å². The Morgan fingerprint density at radius 1 is 1.47 bits per heavy atom. The Bertz CT molecular complexity index is 297. The van der Waals surface area contributed by atoms with Gasteiger partial charge in [0.25, 0.3) is 0 Å². The molecule has 4 nitrogen and oxygen atoms in total. The van der Waals surface area contributed by atoms with E-state index >= 15 is 0 Å². The molecular formula is C10H16ClN3O. The van der Waals surface area contributed by atoms with Crippen molar-refractivity contribution in [2.45, 2.75) is 6.42 Å². The summed E-state index contributed by atoms with van der Waals surface area (Å²) in [5, 5.41) is 0.359. The SMILES string of the molecule is CN(C)CCCOc1cc(N)cc(Cl)n1. The van der Waals surface area contributed by atoms with Gasteiger partial charge in [-0.15, -0.1) is 0 Å². The Morgan fingerprint density at radius 2 is 2.20 bits per heavy atom. The van der Waals surface area contributed by atoms with Crippen LogP contribution in [-0.4, -0.2) is 37.1 Å². The molecule has 1 aromatic rings. The van der Waals surface area contributed by atoms with Crippen molar-refractivity contribution in [3.05, 3.63) is 17.3 Å². The molecule has 0 spiro atoms. The number of hydrogen-bond acceptors (Lipinski definition) is 4. The van der Waals surface area contributed by atoms with E-state index in [1.165, 1.54) is 0 Å². The molecule has 0 atom stereocenters. The number of halogens is 1. The number of nitrogens with two attached hydrogens (primary N) is 1. The maximum atomic E-state index is 5.73. The molecule has 0 saturated carbocycles.